The number of nitrogens with one attached hydrogen (secondary N) is 1. The van der Waals surface area contributed by atoms with Gasteiger partial charge in [-0.3, -0.25) is 0 Å². The van der Waals surface area contributed by atoms with Crippen molar-refractivity contribution < 1.29 is 0 Å². The summed E-state index contributed by atoms with van der Waals surface area (Å²) in [4.78, 5) is 9.58. The maximum Gasteiger partial charge on any atom is 0.162 e. The highest BCUT2D eigenvalue weighted by molar-refractivity contribution is 5.66. The zero-order valence-electron chi connectivity index (χ0n) is 13.3. The predicted octanol–water partition coefficient (Wildman–Crippen LogP) is 4.38. The maximum atomic E-state index is 4.85. The van der Waals surface area contributed by atoms with Gasteiger partial charge in [0.1, 0.15) is 5.82 Å². The molecule has 3 rings (SSSR count). The number of aromatic nitrogens is 2. The molecule has 110 valence electrons. The van der Waals surface area contributed by atoms with Crippen molar-refractivity contribution in [2.75, 3.05) is 11.9 Å². The van der Waals surface area contributed by atoms with Gasteiger partial charge in [0.05, 0.1) is 0 Å². The molecule has 0 unspecified atom stereocenters. The van der Waals surface area contributed by atoms with Gasteiger partial charge in [0.25, 0.3) is 0 Å². The molecule has 0 saturated heterocycles. The minimum Gasteiger partial charge on any atom is -0.370 e. The van der Waals surface area contributed by atoms with Crippen LogP contribution in [0.3, 0.4) is 0 Å². The van der Waals surface area contributed by atoms with Crippen molar-refractivity contribution in [2.45, 2.75) is 46.5 Å². The third-order valence-electron chi connectivity index (χ3n) is 4.00. The SMILES string of the molecule is CCNc1cc(C2CC2)nc(-c2c(C)cc(C)cc2C)n1. The Bertz CT molecular complexity index is 649. The molecular weight excluding hydrogens is 258 g/mol. The van der Waals surface area contributed by atoms with Gasteiger partial charge in [-0.1, -0.05) is 17.7 Å². The Balaban J connectivity index is 2.13. The van der Waals surface area contributed by atoms with E-state index in [1.54, 1.807) is 0 Å². The van der Waals surface area contributed by atoms with E-state index >= 15 is 0 Å². The molecule has 21 heavy (non-hydrogen) atoms. The van der Waals surface area contributed by atoms with E-state index in [-0.39, 0.29) is 0 Å². The van der Waals surface area contributed by atoms with E-state index in [0.717, 1.165) is 18.2 Å². The smallest absolute Gasteiger partial charge is 0.162 e. The molecule has 0 radical (unpaired) electrons. The van der Waals surface area contributed by atoms with Gasteiger partial charge < -0.3 is 5.32 Å². The summed E-state index contributed by atoms with van der Waals surface area (Å²) >= 11 is 0. The van der Waals surface area contributed by atoms with Crippen molar-refractivity contribution in [1.29, 1.82) is 0 Å². The molecule has 2 aromatic rings. The quantitative estimate of drug-likeness (QED) is 0.903. The summed E-state index contributed by atoms with van der Waals surface area (Å²) in [7, 11) is 0. The topological polar surface area (TPSA) is 37.8 Å². The van der Waals surface area contributed by atoms with E-state index in [1.165, 1.54) is 40.8 Å². The second-order valence-corrected chi connectivity index (χ2v) is 6.08. The summed E-state index contributed by atoms with van der Waals surface area (Å²) in [6.07, 6.45) is 2.52. The number of aryl methyl sites for hydroxylation is 3. The summed E-state index contributed by atoms with van der Waals surface area (Å²) in [5, 5.41) is 3.34. The van der Waals surface area contributed by atoms with E-state index in [2.05, 4.69) is 51.2 Å². The van der Waals surface area contributed by atoms with Crippen LogP contribution in [0.4, 0.5) is 5.82 Å². The third kappa shape index (κ3) is 2.92. The molecular formula is C18H23N3. The molecule has 3 nitrogen and oxygen atoms in total. The number of hydrogen-bond donors (Lipinski definition) is 1. The molecule has 1 N–H and O–H groups in total. The van der Waals surface area contributed by atoms with Crippen LogP contribution in [0.5, 0.6) is 0 Å². The maximum absolute atomic E-state index is 4.85. The van der Waals surface area contributed by atoms with Gasteiger partial charge in [-0.05, 0) is 51.7 Å². The Morgan fingerprint density at radius 1 is 1.05 bits per heavy atom. The number of benzene rings is 1. The van der Waals surface area contributed by atoms with Gasteiger partial charge in [0, 0.05) is 29.8 Å². The van der Waals surface area contributed by atoms with Crippen molar-refractivity contribution in [1.82, 2.24) is 9.97 Å². The second-order valence-electron chi connectivity index (χ2n) is 6.08. The lowest BCUT2D eigenvalue weighted by Gasteiger charge is -2.13. The molecule has 1 aliphatic carbocycles. The molecule has 1 aromatic heterocycles. The summed E-state index contributed by atoms with van der Waals surface area (Å²) in [6, 6.07) is 6.54. The standard InChI is InChI=1S/C18H23N3/c1-5-19-16-10-15(14-6-7-14)20-18(21-16)17-12(3)8-11(2)9-13(17)4/h8-10,14H,5-7H2,1-4H3,(H,19,20,21). The molecule has 0 atom stereocenters. The molecule has 0 aliphatic heterocycles. The van der Waals surface area contributed by atoms with Crippen LogP contribution in [-0.2, 0) is 0 Å². The minimum absolute atomic E-state index is 0.634. The lowest BCUT2D eigenvalue weighted by atomic mass is 9.99. The average molecular weight is 281 g/mol. The van der Waals surface area contributed by atoms with Crippen LogP contribution in [0.2, 0.25) is 0 Å². The largest absolute Gasteiger partial charge is 0.370 e. The first kappa shape index (κ1) is 14.1. The second kappa shape index (κ2) is 5.47. The number of rotatable bonds is 4. The first-order valence-corrected chi connectivity index (χ1v) is 7.79. The zero-order chi connectivity index (χ0) is 15.0. The molecule has 0 bridgehead atoms. The van der Waals surface area contributed by atoms with Crippen LogP contribution in [0.1, 0.15) is 48.1 Å². The van der Waals surface area contributed by atoms with Gasteiger partial charge >= 0.3 is 0 Å². The van der Waals surface area contributed by atoms with Crippen LogP contribution in [0.15, 0.2) is 18.2 Å². The van der Waals surface area contributed by atoms with Crippen LogP contribution >= 0.6 is 0 Å². The van der Waals surface area contributed by atoms with Crippen molar-refractivity contribution in [3.63, 3.8) is 0 Å². The fraction of sp³-hybridized carbons (Fsp3) is 0.444. The van der Waals surface area contributed by atoms with Crippen molar-refractivity contribution in [3.05, 3.63) is 40.6 Å². The fourth-order valence-corrected chi connectivity index (χ4v) is 2.97. The number of anilines is 1. The van der Waals surface area contributed by atoms with Gasteiger partial charge in [-0.25, -0.2) is 9.97 Å². The first-order valence-electron chi connectivity index (χ1n) is 7.79. The van der Waals surface area contributed by atoms with Crippen LogP contribution in [0, 0.1) is 20.8 Å². The highest BCUT2D eigenvalue weighted by Gasteiger charge is 2.26. The summed E-state index contributed by atoms with van der Waals surface area (Å²) < 4.78 is 0. The Morgan fingerprint density at radius 2 is 1.71 bits per heavy atom. The van der Waals surface area contributed by atoms with E-state index in [9.17, 15) is 0 Å². The molecule has 3 heteroatoms. The van der Waals surface area contributed by atoms with Gasteiger partial charge in [-0.2, -0.15) is 0 Å². The lowest BCUT2D eigenvalue weighted by molar-refractivity contribution is 0.985. The molecule has 0 spiro atoms. The predicted molar refractivity (Wildman–Crippen MR) is 87.8 cm³/mol. The van der Waals surface area contributed by atoms with Crippen LogP contribution < -0.4 is 5.32 Å². The van der Waals surface area contributed by atoms with Gasteiger partial charge in [-0.15, -0.1) is 0 Å². The monoisotopic (exact) mass is 281 g/mol. The lowest BCUT2D eigenvalue weighted by Crippen LogP contribution is -2.05. The van der Waals surface area contributed by atoms with Gasteiger partial charge in [0.15, 0.2) is 5.82 Å². The minimum atomic E-state index is 0.634. The number of hydrogen-bond acceptors (Lipinski definition) is 3. The Labute approximate surface area is 126 Å². The Hall–Kier alpha value is -1.90. The molecule has 1 saturated carbocycles. The van der Waals surface area contributed by atoms with Crippen molar-refractivity contribution in [3.8, 4) is 11.4 Å². The molecule has 0 amide bonds. The molecule has 1 heterocycles. The van der Waals surface area contributed by atoms with E-state index in [1.807, 2.05) is 0 Å². The van der Waals surface area contributed by atoms with Crippen LogP contribution in [-0.4, -0.2) is 16.5 Å². The Morgan fingerprint density at radius 3 is 2.29 bits per heavy atom. The molecule has 1 aromatic carbocycles. The summed E-state index contributed by atoms with van der Waals surface area (Å²) in [5.74, 6) is 2.45. The fourth-order valence-electron chi connectivity index (χ4n) is 2.97. The van der Waals surface area contributed by atoms with E-state index in [4.69, 9.17) is 9.97 Å². The number of nitrogens with zero attached hydrogens (tertiary/aromatic N) is 2. The third-order valence-corrected chi connectivity index (χ3v) is 4.00. The zero-order valence-corrected chi connectivity index (χ0v) is 13.3. The normalized spacial score (nSPS) is 14.3. The molecule has 1 aliphatic rings. The highest BCUT2D eigenvalue weighted by atomic mass is 15.0. The average Bonchev–Trinajstić information content (AvgIpc) is 3.21. The van der Waals surface area contributed by atoms with Crippen molar-refractivity contribution >= 4 is 5.82 Å². The highest BCUT2D eigenvalue weighted by Crippen LogP contribution is 2.40. The first-order chi connectivity index (χ1) is 10.1. The van der Waals surface area contributed by atoms with Gasteiger partial charge in [0.2, 0.25) is 0 Å². The van der Waals surface area contributed by atoms with Crippen LogP contribution in [0.25, 0.3) is 11.4 Å². The van der Waals surface area contributed by atoms with Crippen molar-refractivity contribution in [2.24, 2.45) is 0 Å². The van der Waals surface area contributed by atoms with E-state index in [0.29, 0.717) is 5.92 Å². The summed E-state index contributed by atoms with van der Waals surface area (Å²) in [5.41, 5.74) is 6.17. The Kier molecular flexibility index (Phi) is 3.66. The summed E-state index contributed by atoms with van der Waals surface area (Å²) in [6.45, 7) is 9.41. The van der Waals surface area contributed by atoms with E-state index < -0.39 is 0 Å². The molecule has 1 fully saturated rings.